The second-order valence-corrected chi connectivity index (χ2v) is 7.14. The Labute approximate surface area is 162 Å². The Bertz CT molecular complexity index is 751. The van der Waals surface area contributed by atoms with Gasteiger partial charge in [0.25, 0.3) is 0 Å². The first-order valence-electron chi connectivity index (χ1n) is 9.59. The van der Waals surface area contributed by atoms with Gasteiger partial charge in [-0.25, -0.2) is 0 Å². The van der Waals surface area contributed by atoms with E-state index in [1.807, 2.05) is 69.3 Å². The summed E-state index contributed by atoms with van der Waals surface area (Å²) in [5, 5.41) is 2.90. The number of nitrogens with zero attached hydrogens (tertiary/aromatic N) is 1. The van der Waals surface area contributed by atoms with Gasteiger partial charge in [0.1, 0.15) is 6.04 Å². The van der Waals surface area contributed by atoms with Crippen molar-refractivity contribution >= 4 is 11.8 Å². The van der Waals surface area contributed by atoms with Gasteiger partial charge >= 0.3 is 0 Å². The Hall–Kier alpha value is -2.62. The summed E-state index contributed by atoms with van der Waals surface area (Å²) < 4.78 is 0. The number of benzene rings is 2. The van der Waals surface area contributed by atoms with E-state index in [-0.39, 0.29) is 18.2 Å². The standard InChI is InChI=1S/C23H30N2O2/c1-5-14-24-23(27)19(4)25(16-21-12-8-18(3)9-13-21)22(26)15-20-10-6-17(2)7-11-20/h6-13,19H,5,14-16H2,1-4H3,(H,24,27)/t19-/m0/s1. The van der Waals surface area contributed by atoms with Crippen LogP contribution in [0, 0.1) is 13.8 Å². The first kappa shape index (κ1) is 20.7. The number of hydrogen-bond acceptors (Lipinski definition) is 2. The number of aryl methyl sites for hydroxylation is 2. The van der Waals surface area contributed by atoms with Crippen LogP contribution >= 0.6 is 0 Å². The molecule has 27 heavy (non-hydrogen) atoms. The molecule has 0 aliphatic carbocycles. The van der Waals surface area contributed by atoms with E-state index in [0.29, 0.717) is 13.1 Å². The maximum atomic E-state index is 13.0. The van der Waals surface area contributed by atoms with Crippen molar-refractivity contribution in [3.8, 4) is 0 Å². The van der Waals surface area contributed by atoms with Gasteiger partial charge in [-0.3, -0.25) is 9.59 Å². The molecule has 144 valence electrons. The third-order valence-electron chi connectivity index (χ3n) is 4.67. The van der Waals surface area contributed by atoms with Gasteiger partial charge in [0.15, 0.2) is 0 Å². The van der Waals surface area contributed by atoms with Gasteiger partial charge in [-0.05, 0) is 38.3 Å². The second kappa shape index (κ2) is 9.91. The average molecular weight is 367 g/mol. The highest BCUT2D eigenvalue weighted by Crippen LogP contribution is 2.14. The normalized spacial score (nSPS) is 11.7. The molecule has 0 aliphatic heterocycles. The topological polar surface area (TPSA) is 49.4 Å². The number of carbonyl (C=O) groups is 2. The minimum Gasteiger partial charge on any atom is -0.354 e. The Morgan fingerprint density at radius 2 is 1.44 bits per heavy atom. The van der Waals surface area contributed by atoms with E-state index < -0.39 is 6.04 Å². The van der Waals surface area contributed by atoms with Gasteiger partial charge in [0, 0.05) is 13.1 Å². The van der Waals surface area contributed by atoms with Gasteiger partial charge in [-0.2, -0.15) is 0 Å². The molecule has 0 aromatic heterocycles. The predicted molar refractivity (Wildman–Crippen MR) is 109 cm³/mol. The Kier molecular flexibility index (Phi) is 7.59. The van der Waals surface area contributed by atoms with E-state index in [0.717, 1.165) is 23.1 Å². The number of hydrogen-bond donors (Lipinski definition) is 1. The zero-order chi connectivity index (χ0) is 19.8. The summed E-state index contributed by atoms with van der Waals surface area (Å²) in [4.78, 5) is 27.2. The van der Waals surface area contributed by atoms with E-state index in [1.165, 1.54) is 5.56 Å². The van der Waals surface area contributed by atoms with E-state index in [9.17, 15) is 9.59 Å². The molecule has 1 N–H and O–H groups in total. The van der Waals surface area contributed by atoms with Crippen LogP contribution < -0.4 is 5.32 Å². The monoisotopic (exact) mass is 366 g/mol. The van der Waals surface area contributed by atoms with Crippen molar-refractivity contribution in [2.75, 3.05) is 6.54 Å². The molecule has 2 aromatic carbocycles. The molecule has 2 amide bonds. The molecule has 0 unspecified atom stereocenters. The molecule has 0 spiro atoms. The average Bonchev–Trinajstić information content (AvgIpc) is 2.66. The lowest BCUT2D eigenvalue weighted by Gasteiger charge is -2.29. The van der Waals surface area contributed by atoms with Crippen LogP contribution in [0.5, 0.6) is 0 Å². The van der Waals surface area contributed by atoms with Crippen LogP contribution in [0.25, 0.3) is 0 Å². The van der Waals surface area contributed by atoms with Crippen molar-refractivity contribution in [1.82, 2.24) is 10.2 Å². The summed E-state index contributed by atoms with van der Waals surface area (Å²) in [5.41, 5.74) is 4.31. The van der Waals surface area contributed by atoms with Crippen molar-refractivity contribution in [1.29, 1.82) is 0 Å². The van der Waals surface area contributed by atoms with Crippen LogP contribution in [0.4, 0.5) is 0 Å². The van der Waals surface area contributed by atoms with Gasteiger partial charge in [-0.15, -0.1) is 0 Å². The predicted octanol–water partition coefficient (Wildman–Crippen LogP) is 3.79. The molecule has 0 saturated heterocycles. The smallest absolute Gasteiger partial charge is 0.242 e. The lowest BCUT2D eigenvalue weighted by atomic mass is 10.1. The van der Waals surface area contributed by atoms with Crippen LogP contribution in [0.2, 0.25) is 0 Å². The fraction of sp³-hybridized carbons (Fsp3) is 0.391. The summed E-state index contributed by atoms with van der Waals surface area (Å²) in [6.07, 6.45) is 1.16. The van der Waals surface area contributed by atoms with Crippen molar-refractivity contribution in [3.05, 3.63) is 70.8 Å². The van der Waals surface area contributed by atoms with E-state index in [1.54, 1.807) is 11.8 Å². The van der Waals surface area contributed by atoms with Crippen LogP contribution in [0.3, 0.4) is 0 Å². The lowest BCUT2D eigenvalue weighted by molar-refractivity contribution is -0.140. The molecule has 0 aliphatic rings. The maximum absolute atomic E-state index is 13.0. The van der Waals surface area contributed by atoms with Gasteiger partial charge in [0.2, 0.25) is 11.8 Å². The first-order valence-corrected chi connectivity index (χ1v) is 9.59. The largest absolute Gasteiger partial charge is 0.354 e. The van der Waals surface area contributed by atoms with Crippen LogP contribution in [-0.2, 0) is 22.6 Å². The van der Waals surface area contributed by atoms with Crippen LogP contribution in [-0.4, -0.2) is 29.3 Å². The molecule has 1 atom stereocenters. The molecule has 2 rings (SSSR count). The van der Waals surface area contributed by atoms with E-state index in [4.69, 9.17) is 0 Å². The molecule has 2 aromatic rings. The molecule has 4 nitrogen and oxygen atoms in total. The summed E-state index contributed by atoms with van der Waals surface area (Å²) in [6.45, 7) is 8.91. The third-order valence-corrected chi connectivity index (χ3v) is 4.67. The zero-order valence-corrected chi connectivity index (χ0v) is 16.8. The SMILES string of the molecule is CCCNC(=O)[C@H](C)N(Cc1ccc(C)cc1)C(=O)Cc1ccc(C)cc1. The Morgan fingerprint density at radius 3 is 1.96 bits per heavy atom. The highest BCUT2D eigenvalue weighted by molar-refractivity contribution is 5.88. The third kappa shape index (κ3) is 6.24. The highest BCUT2D eigenvalue weighted by Gasteiger charge is 2.25. The summed E-state index contributed by atoms with van der Waals surface area (Å²) in [5.74, 6) is -0.153. The molecule has 0 saturated carbocycles. The molecule has 0 fully saturated rings. The number of carbonyl (C=O) groups excluding carboxylic acids is 2. The van der Waals surface area contributed by atoms with Gasteiger partial charge in [-0.1, -0.05) is 66.6 Å². The summed E-state index contributed by atoms with van der Waals surface area (Å²) >= 11 is 0. The molecular formula is C23H30N2O2. The zero-order valence-electron chi connectivity index (χ0n) is 16.8. The van der Waals surface area contributed by atoms with Gasteiger partial charge < -0.3 is 10.2 Å². The maximum Gasteiger partial charge on any atom is 0.242 e. The fourth-order valence-corrected chi connectivity index (χ4v) is 2.85. The Balaban J connectivity index is 2.18. The van der Waals surface area contributed by atoms with Crippen LogP contribution in [0.1, 0.15) is 42.5 Å². The van der Waals surface area contributed by atoms with Crippen molar-refractivity contribution in [2.24, 2.45) is 0 Å². The number of rotatable bonds is 8. The summed E-state index contributed by atoms with van der Waals surface area (Å²) in [7, 11) is 0. The highest BCUT2D eigenvalue weighted by atomic mass is 16.2. The summed E-state index contributed by atoms with van der Waals surface area (Å²) in [6, 6.07) is 15.5. The second-order valence-electron chi connectivity index (χ2n) is 7.14. The molecular weight excluding hydrogens is 336 g/mol. The quantitative estimate of drug-likeness (QED) is 0.773. The number of amides is 2. The van der Waals surface area contributed by atoms with E-state index >= 15 is 0 Å². The van der Waals surface area contributed by atoms with E-state index in [2.05, 4.69) is 5.32 Å². The fourth-order valence-electron chi connectivity index (χ4n) is 2.85. The minimum absolute atomic E-state index is 0.0430. The van der Waals surface area contributed by atoms with Crippen molar-refractivity contribution < 1.29 is 9.59 Å². The molecule has 0 heterocycles. The molecule has 0 bridgehead atoms. The van der Waals surface area contributed by atoms with Crippen LogP contribution in [0.15, 0.2) is 48.5 Å². The lowest BCUT2D eigenvalue weighted by Crippen LogP contribution is -2.48. The Morgan fingerprint density at radius 1 is 0.926 bits per heavy atom. The van der Waals surface area contributed by atoms with Crippen molar-refractivity contribution in [2.45, 2.75) is 53.1 Å². The first-order chi connectivity index (χ1) is 12.9. The molecule has 0 radical (unpaired) electrons. The molecule has 4 heteroatoms. The van der Waals surface area contributed by atoms with Gasteiger partial charge in [0.05, 0.1) is 6.42 Å². The number of nitrogens with one attached hydrogen (secondary N) is 1. The van der Waals surface area contributed by atoms with Crippen molar-refractivity contribution in [3.63, 3.8) is 0 Å². The minimum atomic E-state index is -0.518.